The molecule has 136 valence electrons. The van der Waals surface area contributed by atoms with Gasteiger partial charge in [0, 0.05) is 24.7 Å². The molecule has 3 unspecified atom stereocenters. The van der Waals surface area contributed by atoms with Crippen LogP contribution in [0.1, 0.15) is 37.3 Å². The van der Waals surface area contributed by atoms with Crippen LogP contribution in [0.5, 0.6) is 11.5 Å². The number of benzene rings is 1. The predicted octanol–water partition coefficient (Wildman–Crippen LogP) is 1.32. The summed E-state index contributed by atoms with van der Waals surface area (Å²) in [7, 11) is 3.16. The summed E-state index contributed by atoms with van der Waals surface area (Å²) >= 11 is 0. The van der Waals surface area contributed by atoms with E-state index >= 15 is 0 Å². The summed E-state index contributed by atoms with van der Waals surface area (Å²) in [6.45, 7) is 0.620. The lowest BCUT2D eigenvalue weighted by Crippen LogP contribution is -2.52. The second-order valence-corrected chi connectivity index (χ2v) is 6.31. The molecule has 0 aromatic heterocycles. The molecule has 2 fully saturated rings. The van der Waals surface area contributed by atoms with E-state index in [1.807, 2.05) is 12.1 Å². The molecule has 3 atom stereocenters. The normalized spacial score (nSPS) is 26.0. The lowest BCUT2D eigenvalue weighted by Gasteiger charge is -2.34. The van der Waals surface area contributed by atoms with Crippen molar-refractivity contribution in [1.29, 1.82) is 0 Å². The minimum absolute atomic E-state index is 0.0366. The van der Waals surface area contributed by atoms with Gasteiger partial charge in [0.2, 0.25) is 11.8 Å². The number of hydrogen-bond donors (Lipinski definition) is 2. The van der Waals surface area contributed by atoms with Gasteiger partial charge in [-0.3, -0.25) is 9.59 Å². The Hall–Kier alpha value is -2.28. The Morgan fingerprint density at radius 2 is 2.12 bits per heavy atom. The van der Waals surface area contributed by atoms with Gasteiger partial charge in [-0.15, -0.1) is 0 Å². The molecule has 0 aliphatic carbocycles. The Morgan fingerprint density at radius 3 is 2.80 bits per heavy atom. The molecular weight excluding hydrogens is 324 g/mol. The van der Waals surface area contributed by atoms with Crippen molar-refractivity contribution in [3.05, 3.63) is 23.8 Å². The Morgan fingerprint density at radius 1 is 1.28 bits per heavy atom. The van der Waals surface area contributed by atoms with Crippen molar-refractivity contribution in [2.45, 2.75) is 43.9 Å². The van der Waals surface area contributed by atoms with Crippen LogP contribution in [0.15, 0.2) is 18.2 Å². The summed E-state index contributed by atoms with van der Waals surface area (Å²) in [5, 5.41) is 6.02. The van der Waals surface area contributed by atoms with Crippen LogP contribution in [0.4, 0.5) is 0 Å². The van der Waals surface area contributed by atoms with Gasteiger partial charge in [-0.05, 0) is 31.4 Å². The Kier molecular flexibility index (Phi) is 5.43. The topological polar surface area (TPSA) is 85.9 Å². The van der Waals surface area contributed by atoms with Gasteiger partial charge >= 0.3 is 0 Å². The van der Waals surface area contributed by atoms with Crippen molar-refractivity contribution < 1.29 is 23.8 Å². The average Bonchev–Trinajstić information content (AvgIpc) is 3.17. The minimum atomic E-state index is -0.393. The first-order valence-electron chi connectivity index (χ1n) is 8.55. The fourth-order valence-corrected chi connectivity index (χ4v) is 3.38. The molecule has 0 saturated carbocycles. The van der Waals surface area contributed by atoms with Gasteiger partial charge in [0.05, 0.1) is 26.3 Å². The van der Waals surface area contributed by atoms with Crippen LogP contribution >= 0.6 is 0 Å². The van der Waals surface area contributed by atoms with E-state index in [2.05, 4.69) is 10.6 Å². The maximum Gasteiger partial charge on any atom is 0.249 e. The van der Waals surface area contributed by atoms with E-state index in [9.17, 15) is 9.59 Å². The molecule has 7 heteroatoms. The molecule has 0 radical (unpaired) electrons. The van der Waals surface area contributed by atoms with Crippen molar-refractivity contribution >= 4 is 11.8 Å². The van der Waals surface area contributed by atoms with Crippen LogP contribution < -0.4 is 20.1 Å². The highest BCUT2D eigenvalue weighted by molar-refractivity contribution is 5.82. The van der Waals surface area contributed by atoms with Gasteiger partial charge in [0.1, 0.15) is 17.6 Å². The molecular formula is C18H24N2O5. The second kappa shape index (κ2) is 7.74. The van der Waals surface area contributed by atoms with Crippen LogP contribution in [-0.4, -0.2) is 44.8 Å². The van der Waals surface area contributed by atoms with Crippen molar-refractivity contribution in [2.75, 3.05) is 20.8 Å². The Balaban J connectivity index is 1.82. The zero-order valence-electron chi connectivity index (χ0n) is 14.5. The van der Waals surface area contributed by atoms with Crippen molar-refractivity contribution in [2.24, 2.45) is 0 Å². The van der Waals surface area contributed by atoms with E-state index < -0.39 is 6.10 Å². The highest BCUT2D eigenvalue weighted by Crippen LogP contribution is 2.34. The Bertz CT molecular complexity index is 642. The van der Waals surface area contributed by atoms with Gasteiger partial charge in [-0.1, -0.05) is 0 Å². The highest BCUT2D eigenvalue weighted by atomic mass is 16.5. The standard InChI is InChI=1S/C18H24N2O5/c1-23-11-5-6-12(15(10-11)24-2)17-13(7-8-16(21)20-17)19-18(22)14-4-3-9-25-14/h5-6,10,13-14,17H,3-4,7-9H2,1-2H3,(H,19,22)(H,20,21). The molecule has 0 bridgehead atoms. The SMILES string of the molecule is COc1ccc(C2NC(=O)CCC2NC(=O)C2CCCO2)c(OC)c1. The highest BCUT2D eigenvalue weighted by Gasteiger charge is 2.35. The van der Waals surface area contributed by atoms with Gasteiger partial charge in [0.25, 0.3) is 0 Å². The summed E-state index contributed by atoms with van der Waals surface area (Å²) in [6.07, 6.45) is 2.20. The number of piperidine rings is 1. The van der Waals surface area contributed by atoms with Crippen LogP contribution in [0.2, 0.25) is 0 Å². The van der Waals surface area contributed by atoms with Crippen LogP contribution in [0.3, 0.4) is 0 Å². The first-order valence-corrected chi connectivity index (χ1v) is 8.55. The van der Waals surface area contributed by atoms with Crippen LogP contribution in [0, 0.1) is 0 Å². The van der Waals surface area contributed by atoms with Crippen LogP contribution in [0.25, 0.3) is 0 Å². The summed E-state index contributed by atoms with van der Waals surface area (Å²) in [5.41, 5.74) is 0.814. The molecule has 2 N–H and O–H groups in total. The number of hydrogen-bond acceptors (Lipinski definition) is 5. The maximum atomic E-state index is 12.4. The van der Waals surface area contributed by atoms with Gasteiger partial charge < -0.3 is 24.8 Å². The Labute approximate surface area is 147 Å². The summed E-state index contributed by atoms with van der Waals surface area (Å²) in [6, 6.07) is 4.88. The van der Waals surface area contributed by atoms with Gasteiger partial charge in [-0.2, -0.15) is 0 Å². The zero-order valence-corrected chi connectivity index (χ0v) is 14.5. The number of methoxy groups -OCH3 is 2. The van der Waals surface area contributed by atoms with E-state index in [0.717, 1.165) is 18.4 Å². The lowest BCUT2D eigenvalue weighted by atomic mass is 9.91. The van der Waals surface area contributed by atoms with E-state index in [4.69, 9.17) is 14.2 Å². The number of carbonyl (C=O) groups is 2. The molecule has 1 aromatic carbocycles. The molecule has 2 saturated heterocycles. The smallest absolute Gasteiger partial charge is 0.249 e. The number of rotatable bonds is 5. The fraction of sp³-hybridized carbons (Fsp3) is 0.556. The molecule has 0 spiro atoms. The molecule has 2 heterocycles. The first kappa shape index (κ1) is 17.5. The fourth-order valence-electron chi connectivity index (χ4n) is 3.38. The molecule has 1 aromatic rings. The average molecular weight is 348 g/mol. The van der Waals surface area contributed by atoms with E-state index in [0.29, 0.717) is 30.9 Å². The lowest BCUT2D eigenvalue weighted by molar-refractivity contribution is -0.133. The first-order chi connectivity index (χ1) is 12.1. The molecule has 3 rings (SSSR count). The quantitative estimate of drug-likeness (QED) is 0.838. The molecule has 2 amide bonds. The largest absolute Gasteiger partial charge is 0.497 e. The maximum absolute atomic E-state index is 12.4. The van der Waals surface area contributed by atoms with E-state index in [-0.39, 0.29) is 23.9 Å². The van der Waals surface area contributed by atoms with Crippen LogP contribution in [-0.2, 0) is 14.3 Å². The third-order valence-electron chi connectivity index (χ3n) is 4.73. The van der Waals surface area contributed by atoms with Crippen molar-refractivity contribution in [1.82, 2.24) is 10.6 Å². The number of ether oxygens (including phenoxy) is 3. The third-order valence-corrected chi connectivity index (χ3v) is 4.73. The van der Waals surface area contributed by atoms with Crippen molar-refractivity contribution in [3.63, 3.8) is 0 Å². The van der Waals surface area contributed by atoms with E-state index in [1.165, 1.54) is 0 Å². The number of nitrogens with one attached hydrogen (secondary N) is 2. The van der Waals surface area contributed by atoms with E-state index in [1.54, 1.807) is 20.3 Å². The van der Waals surface area contributed by atoms with Crippen molar-refractivity contribution in [3.8, 4) is 11.5 Å². The molecule has 2 aliphatic heterocycles. The zero-order chi connectivity index (χ0) is 17.8. The number of carbonyl (C=O) groups excluding carboxylic acids is 2. The molecule has 7 nitrogen and oxygen atoms in total. The van der Waals surface area contributed by atoms with Gasteiger partial charge in [-0.25, -0.2) is 0 Å². The predicted molar refractivity (Wildman–Crippen MR) is 90.6 cm³/mol. The molecule has 2 aliphatic rings. The second-order valence-electron chi connectivity index (χ2n) is 6.31. The minimum Gasteiger partial charge on any atom is -0.497 e. The summed E-state index contributed by atoms with van der Waals surface area (Å²) in [5.74, 6) is 1.13. The van der Waals surface area contributed by atoms with Gasteiger partial charge in [0.15, 0.2) is 0 Å². The summed E-state index contributed by atoms with van der Waals surface area (Å²) in [4.78, 5) is 24.4. The monoisotopic (exact) mass is 348 g/mol. The molecule has 25 heavy (non-hydrogen) atoms. The summed E-state index contributed by atoms with van der Waals surface area (Å²) < 4.78 is 16.1. The number of amides is 2. The third kappa shape index (κ3) is 3.87.